The van der Waals surface area contributed by atoms with Crippen LogP contribution in [-0.2, 0) is 9.59 Å². The van der Waals surface area contributed by atoms with Crippen molar-refractivity contribution in [2.75, 3.05) is 44.7 Å². The molecule has 0 saturated carbocycles. The molecule has 0 radical (unpaired) electrons. The van der Waals surface area contributed by atoms with E-state index in [2.05, 4.69) is 6.07 Å². The Morgan fingerprint density at radius 3 is 2.56 bits per heavy atom. The summed E-state index contributed by atoms with van der Waals surface area (Å²) in [6.45, 7) is 4.67. The first-order valence-corrected chi connectivity index (χ1v) is 9.10. The molecule has 1 saturated heterocycles. The van der Waals surface area contributed by atoms with Crippen molar-refractivity contribution >= 4 is 29.1 Å². The molecule has 6 nitrogen and oxygen atoms in total. The average Bonchev–Trinajstić information content (AvgIpc) is 2.93. The van der Waals surface area contributed by atoms with Crippen LogP contribution in [0.25, 0.3) is 0 Å². The lowest BCUT2D eigenvalue weighted by Crippen LogP contribution is -3.15. The topological polar surface area (TPSA) is 68.9 Å². The van der Waals surface area contributed by atoms with Crippen LogP contribution in [0.4, 0.5) is 5.69 Å². The Kier molecular flexibility index (Phi) is 5.11. The number of nitrogens with zero attached hydrogens (tertiary/aromatic N) is 3. The van der Waals surface area contributed by atoms with Gasteiger partial charge < -0.3 is 14.7 Å². The van der Waals surface area contributed by atoms with Crippen LogP contribution in [0.2, 0.25) is 0 Å². The van der Waals surface area contributed by atoms with Crippen LogP contribution in [-0.4, -0.2) is 56.4 Å². The lowest BCUT2D eigenvalue weighted by atomic mass is 10.1. The smallest absolute Gasteiger partial charge is 0.230 e. The number of hydrogen-bond acceptors (Lipinski definition) is 5. The molecule has 2 heterocycles. The van der Waals surface area contributed by atoms with Crippen molar-refractivity contribution in [3.05, 3.63) is 34.9 Å². The number of para-hydroxylation sites is 1. The van der Waals surface area contributed by atoms with E-state index in [1.807, 2.05) is 36.2 Å². The van der Waals surface area contributed by atoms with E-state index in [4.69, 9.17) is 0 Å². The van der Waals surface area contributed by atoms with Crippen LogP contribution in [0.3, 0.4) is 0 Å². The molecule has 0 aliphatic carbocycles. The van der Waals surface area contributed by atoms with Gasteiger partial charge in [0.2, 0.25) is 11.7 Å². The zero-order chi connectivity index (χ0) is 18.0. The summed E-state index contributed by atoms with van der Waals surface area (Å²) in [7, 11) is 1.89. The molecular weight excluding hydrogens is 336 g/mol. The van der Waals surface area contributed by atoms with Crippen LogP contribution in [0, 0.1) is 11.3 Å². The summed E-state index contributed by atoms with van der Waals surface area (Å²) in [5.41, 5.74) is 1.25. The Hall–Kier alpha value is -2.30. The number of carbonyl (C=O) groups excluding carboxylic acids is 2. The maximum absolute atomic E-state index is 12.7. The molecule has 130 valence electrons. The second kappa shape index (κ2) is 7.30. The molecule has 1 amide bonds. The maximum atomic E-state index is 12.7. The van der Waals surface area contributed by atoms with E-state index >= 15 is 0 Å². The van der Waals surface area contributed by atoms with Gasteiger partial charge in [0.15, 0.2) is 0 Å². The van der Waals surface area contributed by atoms with E-state index in [-0.39, 0.29) is 17.3 Å². The number of quaternary nitrogens is 1. The minimum atomic E-state index is -0.129. The Morgan fingerprint density at radius 1 is 1.28 bits per heavy atom. The quantitative estimate of drug-likeness (QED) is 0.622. The number of Topliss-reactive ketones (excluding diaryl/α,β-unsaturated/α-hetero) is 1. The summed E-state index contributed by atoms with van der Waals surface area (Å²) in [5, 5.41) is 10.3. The van der Waals surface area contributed by atoms with Gasteiger partial charge in [0.05, 0.1) is 31.9 Å². The summed E-state index contributed by atoms with van der Waals surface area (Å²) in [6, 6.07) is 10.0. The van der Waals surface area contributed by atoms with Crippen molar-refractivity contribution in [3.8, 4) is 6.07 Å². The van der Waals surface area contributed by atoms with Gasteiger partial charge in [-0.1, -0.05) is 23.9 Å². The third-order valence-electron chi connectivity index (χ3n) is 4.67. The highest BCUT2D eigenvalue weighted by Gasteiger charge is 2.30. The van der Waals surface area contributed by atoms with Crippen LogP contribution in [0.5, 0.6) is 0 Å². The van der Waals surface area contributed by atoms with Gasteiger partial charge in [-0.3, -0.25) is 9.59 Å². The van der Waals surface area contributed by atoms with Gasteiger partial charge in [0.1, 0.15) is 23.2 Å². The number of rotatable bonds is 3. The monoisotopic (exact) mass is 357 g/mol. The Bertz CT molecular complexity index is 776. The number of fused-ring (bicyclic) bond motifs is 1. The number of piperazine rings is 1. The van der Waals surface area contributed by atoms with Crippen LogP contribution >= 0.6 is 11.8 Å². The van der Waals surface area contributed by atoms with E-state index in [9.17, 15) is 14.9 Å². The number of hydrogen-bond donors (Lipinski definition) is 1. The molecule has 0 spiro atoms. The highest BCUT2D eigenvalue weighted by molar-refractivity contribution is 8.03. The zero-order valence-electron chi connectivity index (χ0n) is 14.4. The van der Waals surface area contributed by atoms with E-state index in [0.717, 1.165) is 28.6 Å². The number of carbonyl (C=O) groups is 2. The van der Waals surface area contributed by atoms with Gasteiger partial charge in [-0.2, -0.15) is 5.26 Å². The first kappa shape index (κ1) is 17.5. The first-order chi connectivity index (χ1) is 12.0. The molecule has 1 aromatic carbocycles. The summed E-state index contributed by atoms with van der Waals surface area (Å²) >= 11 is 1.47. The highest BCUT2D eigenvalue weighted by atomic mass is 32.2. The first-order valence-electron chi connectivity index (χ1n) is 8.28. The molecule has 3 rings (SSSR count). The van der Waals surface area contributed by atoms with Gasteiger partial charge in [-0.25, -0.2) is 0 Å². The number of amides is 1. The molecule has 0 atom stereocenters. The second-order valence-corrected chi connectivity index (χ2v) is 7.31. The highest BCUT2D eigenvalue weighted by Crippen LogP contribution is 2.45. The fraction of sp³-hybridized carbons (Fsp3) is 0.389. The third kappa shape index (κ3) is 3.55. The molecule has 0 unspecified atom stereocenters. The van der Waals surface area contributed by atoms with Gasteiger partial charge >= 0.3 is 0 Å². The Labute approximate surface area is 151 Å². The lowest BCUT2D eigenvalue weighted by molar-refractivity contribution is -0.895. The van der Waals surface area contributed by atoms with Crippen molar-refractivity contribution in [1.82, 2.24) is 4.90 Å². The summed E-state index contributed by atoms with van der Waals surface area (Å²) in [5.74, 6) is -0.0529. The Balaban J connectivity index is 1.71. The predicted molar refractivity (Wildman–Crippen MR) is 96.2 cm³/mol. The number of nitriles is 1. The van der Waals surface area contributed by atoms with E-state index in [1.165, 1.54) is 11.8 Å². The number of nitrogens with one attached hydrogen (secondary N) is 1. The van der Waals surface area contributed by atoms with Crippen molar-refractivity contribution in [2.24, 2.45) is 0 Å². The van der Waals surface area contributed by atoms with Gasteiger partial charge in [0.25, 0.3) is 0 Å². The molecule has 0 bridgehead atoms. The number of ketones is 1. The second-order valence-electron chi connectivity index (χ2n) is 6.28. The van der Waals surface area contributed by atoms with Crippen molar-refractivity contribution in [3.63, 3.8) is 0 Å². The normalized spacial score (nSPS) is 19.4. The standard InChI is InChI=1S/C18H20N4O2S/c1-13(23)22-9-7-21(8-10-22)12-16(24)14(11-19)18-20(2)15-5-3-4-6-17(15)25-18/h3-6H,7-10,12H2,1-2H3/p+1/b18-14-. The van der Waals surface area contributed by atoms with Crippen LogP contribution < -0.4 is 9.80 Å². The minimum absolute atomic E-state index is 0.0759. The summed E-state index contributed by atoms with van der Waals surface area (Å²) in [6.07, 6.45) is 0. The van der Waals surface area contributed by atoms with Gasteiger partial charge in [-0.05, 0) is 12.1 Å². The fourth-order valence-corrected chi connectivity index (χ4v) is 4.34. The average molecular weight is 357 g/mol. The van der Waals surface area contributed by atoms with Crippen molar-refractivity contribution in [2.45, 2.75) is 11.8 Å². The molecule has 1 N–H and O–H groups in total. The molecule has 2 aliphatic heterocycles. The molecule has 1 fully saturated rings. The summed E-state index contributed by atoms with van der Waals surface area (Å²) < 4.78 is 0. The zero-order valence-corrected chi connectivity index (χ0v) is 15.2. The van der Waals surface area contributed by atoms with Gasteiger partial charge in [-0.15, -0.1) is 0 Å². The lowest BCUT2D eigenvalue weighted by Gasteiger charge is -2.31. The molecule has 1 aromatic rings. The van der Waals surface area contributed by atoms with Crippen molar-refractivity contribution < 1.29 is 14.5 Å². The predicted octanol–water partition coefficient (Wildman–Crippen LogP) is 0.280. The Morgan fingerprint density at radius 2 is 1.96 bits per heavy atom. The van der Waals surface area contributed by atoms with Crippen LogP contribution in [0.15, 0.2) is 39.8 Å². The molecule has 0 aromatic heterocycles. The molecule has 7 heteroatoms. The molecular formula is C18H21N4O2S+. The minimum Gasteiger partial charge on any atom is -0.337 e. The van der Waals surface area contributed by atoms with Crippen molar-refractivity contribution in [1.29, 1.82) is 5.26 Å². The fourth-order valence-electron chi connectivity index (χ4n) is 3.18. The van der Waals surface area contributed by atoms with E-state index in [1.54, 1.807) is 11.8 Å². The maximum Gasteiger partial charge on any atom is 0.230 e. The molecule has 25 heavy (non-hydrogen) atoms. The number of anilines is 1. The summed E-state index contributed by atoms with van der Waals surface area (Å²) in [4.78, 5) is 30.0. The largest absolute Gasteiger partial charge is 0.337 e. The van der Waals surface area contributed by atoms with E-state index in [0.29, 0.717) is 24.7 Å². The van der Waals surface area contributed by atoms with E-state index < -0.39 is 0 Å². The van der Waals surface area contributed by atoms with Gasteiger partial charge in [0, 0.05) is 18.9 Å². The number of thioether (sulfide) groups is 1. The third-order valence-corrected chi connectivity index (χ3v) is 5.91. The number of benzene rings is 1. The molecule has 2 aliphatic rings. The van der Waals surface area contributed by atoms with Crippen LogP contribution in [0.1, 0.15) is 6.92 Å². The SMILES string of the molecule is CC(=O)N1CC[NH+](CC(=O)/C(C#N)=C2\Sc3ccccc3N2C)CC1.